The van der Waals surface area contributed by atoms with Gasteiger partial charge in [0.05, 0.1) is 0 Å². The third-order valence-corrected chi connectivity index (χ3v) is 1.48. The van der Waals surface area contributed by atoms with Crippen molar-refractivity contribution in [3.63, 3.8) is 0 Å². The molecule has 0 aromatic rings. The third-order valence-electron chi connectivity index (χ3n) is 0.500. The fourth-order valence-electron chi connectivity index (χ4n) is 0.0982. The van der Waals surface area contributed by atoms with Gasteiger partial charge in [-0.1, -0.05) is 45.2 Å². The normalized spacial score (nSPS) is 10.2. The molecule has 0 spiro atoms. The van der Waals surface area contributed by atoms with E-state index in [9.17, 15) is 4.79 Å². The molecule has 4 heteroatoms. The van der Waals surface area contributed by atoms with E-state index in [1.807, 2.05) is 45.2 Å². The van der Waals surface area contributed by atoms with Crippen molar-refractivity contribution in [3.8, 4) is 6.07 Å². The standard InChI is InChI=1S/C4H3I2NO/c1-4(5,6)3(8)2-7/h1H3. The predicted octanol–water partition coefficient (Wildman–Crippen LogP) is 1.67. The van der Waals surface area contributed by atoms with E-state index in [1.165, 1.54) is 0 Å². The van der Waals surface area contributed by atoms with Gasteiger partial charge in [0.25, 0.3) is 5.78 Å². The number of hydrogen-bond acceptors (Lipinski definition) is 2. The van der Waals surface area contributed by atoms with Crippen LogP contribution in [0.2, 0.25) is 0 Å². The number of ketones is 1. The van der Waals surface area contributed by atoms with Crippen molar-refractivity contribution in [1.29, 1.82) is 5.26 Å². The molecule has 0 unspecified atom stereocenters. The molecule has 0 radical (unpaired) electrons. The predicted molar refractivity (Wildman–Crippen MR) is 47.1 cm³/mol. The quantitative estimate of drug-likeness (QED) is 0.416. The van der Waals surface area contributed by atoms with Crippen LogP contribution in [0.3, 0.4) is 0 Å². The van der Waals surface area contributed by atoms with Crippen molar-refractivity contribution >= 4 is 51.0 Å². The van der Waals surface area contributed by atoms with Gasteiger partial charge in [0, 0.05) is 0 Å². The lowest BCUT2D eigenvalue weighted by Crippen LogP contribution is -2.17. The lowest BCUT2D eigenvalue weighted by molar-refractivity contribution is -0.113. The summed E-state index contributed by atoms with van der Waals surface area (Å²) < 4.78 is -0.551. The van der Waals surface area contributed by atoms with Crippen molar-refractivity contribution < 1.29 is 4.79 Å². The zero-order valence-electron chi connectivity index (χ0n) is 4.11. The molecule has 0 saturated heterocycles. The summed E-state index contributed by atoms with van der Waals surface area (Å²) >= 11 is 3.83. The van der Waals surface area contributed by atoms with Gasteiger partial charge in [-0.25, -0.2) is 0 Å². The summed E-state index contributed by atoms with van der Waals surface area (Å²) in [5, 5.41) is 8.06. The minimum Gasteiger partial charge on any atom is -0.280 e. The number of Topliss-reactive ketones (excluding diaryl/α,β-unsaturated/α-hetero) is 1. The van der Waals surface area contributed by atoms with Gasteiger partial charge < -0.3 is 0 Å². The highest BCUT2D eigenvalue weighted by molar-refractivity contribution is 14.2. The first-order valence-corrected chi connectivity index (χ1v) is 3.96. The lowest BCUT2D eigenvalue weighted by Gasteiger charge is -2.03. The average molecular weight is 335 g/mol. The molecule has 8 heavy (non-hydrogen) atoms. The highest BCUT2D eigenvalue weighted by Gasteiger charge is 2.24. The minimum absolute atomic E-state index is 0.390. The molecule has 0 aliphatic carbocycles. The first-order chi connectivity index (χ1) is 3.48. The van der Waals surface area contributed by atoms with Gasteiger partial charge in [-0.05, 0) is 6.92 Å². The topological polar surface area (TPSA) is 40.9 Å². The van der Waals surface area contributed by atoms with Crippen molar-refractivity contribution in [2.24, 2.45) is 0 Å². The number of rotatable bonds is 1. The van der Waals surface area contributed by atoms with Gasteiger partial charge >= 0.3 is 0 Å². The minimum atomic E-state index is -0.551. The molecule has 44 valence electrons. The van der Waals surface area contributed by atoms with Gasteiger partial charge in [0.15, 0.2) is 0 Å². The van der Waals surface area contributed by atoms with Crippen LogP contribution in [0.25, 0.3) is 0 Å². The van der Waals surface area contributed by atoms with Gasteiger partial charge in [0.1, 0.15) is 7.50 Å². The number of carbonyl (C=O) groups is 1. The Bertz CT molecular complexity index is 141. The van der Waals surface area contributed by atoms with E-state index >= 15 is 0 Å². The summed E-state index contributed by atoms with van der Waals surface area (Å²) in [6.45, 7) is 1.69. The molecule has 0 aliphatic heterocycles. The van der Waals surface area contributed by atoms with Crippen molar-refractivity contribution in [3.05, 3.63) is 0 Å². The zero-order chi connectivity index (χ0) is 6.78. The maximum absolute atomic E-state index is 10.5. The van der Waals surface area contributed by atoms with E-state index in [0.717, 1.165) is 0 Å². The number of alkyl halides is 2. The Hall–Kier alpha value is 0.620. The van der Waals surface area contributed by atoms with Crippen LogP contribution in [-0.4, -0.2) is 7.21 Å². The molecule has 0 amide bonds. The van der Waals surface area contributed by atoms with E-state index in [1.54, 1.807) is 13.0 Å². The van der Waals surface area contributed by atoms with Gasteiger partial charge in [0.2, 0.25) is 0 Å². The Labute approximate surface area is 74.9 Å². The first-order valence-electron chi connectivity index (χ1n) is 1.81. The van der Waals surface area contributed by atoms with Crippen LogP contribution in [0.1, 0.15) is 6.92 Å². The number of nitriles is 1. The second-order valence-corrected chi connectivity index (χ2v) is 7.71. The molecule has 0 aromatic carbocycles. The Morgan fingerprint density at radius 3 is 2.12 bits per heavy atom. The van der Waals surface area contributed by atoms with E-state index in [0.29, 0.717) is 0 Å². The highest BCUT2D eigenvalue weighted by atomic mass is 127. The SMILES string of the molecule is CC(I)(I)C(=O)C#N. The van der Waals surface area contributed by atoms with Gasteiger partial charge in [-0.15, -0.1) is 0 Å². The maximum atomic E-state index is 10.5. The highest BCUT2D eigenvalue weighted by Crippen LogP contribution is 2.26. The van der Waals surface area contributed by atoms with Crippen molar-refractivity contribution in [2.45, 2.75) is 8.35 Å². The summed E-state index contributed by atoms with van der Waals surface area (Å²) in [5.41, 5.74) is 0. The van der Waals surface area contributed by atoms with E-state index in [-0.39, 0.29) is 0 Å². The second-order valence-electron chi connectivity index (χ2n) is 1.33. The summed E-state index contributed by atoms with van der Waals surface area (Å²) in [6.07, 6.45) is 0. The summed E-state index contributed by atoms with van der Waals surface area (Å²) in [6, 6.07) is 1.55. The number of nitrogens with zero attached hydrogens (tertiary/aromatic N) is 1. The van der Waals surface area contributed by atoms with Crippen LogP contribution in [0.4, 0.5) is 0 Å². The van der Waals surface area contributed by atoms with Gasteiger partial charge in [-0.3, -0.25) is 4.79 Å². The van der Waals surface area contributed by atoms with Gasteiger partial charge in [-0.2, -0.15) is 5.26 Å². The van der Waals surface area contributed by atoms with Crippen LogP contribution >= 0.6 is 45.2 Å². The van der Waals surface area contributed by atoms with Crippen LogP contribution < -0.4 is 0 Å². The summed E-state index contributed by atoms with van der Waals surface area (Å²) in [4.78, 5) is 10.5. The molecule has 0 rings (SSSR count). The lowest BCUT2D eigenvalue weighted by atomic mass is 10.3. The molecular weight excluding hydrogens is 332 g/mol. The second kappa shape index (κ2) is 2.96. The molecule has 2 nitrogen and oxygen atoms in total. The maximum Gasteiger partial charge on any atom is 0.257 e. The monoisotopic (exact) mass is 335 g/mol. The fourth-order valence-corrected chi connectivity index (χ4v) is 0.339. The Morgan fingerprint density at radius 1 is 1.75 bits per heavy atom. The molecule has 0 aromatic heterocycles. The zero-order valence-corrected chi connectivity index (χ0v) is 8.43. The number of hydrogen-bond donors (Lipinski definition) is 0. The van der Waals surface area contributed by atoms with E-state index in [2.05, 4.69) is 0 Å². The smallest absolute Gasteiger partial charge is 0.257 e. The first kappa shape index (κ1) is 8.62. The van der Waals surface area contributed by atoms with E-state index < -0.39 is 7.21 Å². The van der Waals surface area contributed by atoms with Crippen LogP contribution in [0, 0.1) is 11.3 Å². The van der Waals surface area contributed by atoms with Crippen molar-refractivity contribution in [2.75, 3.05) is 0 Å². The number of halogens is 2. The van der Waals surface area contributed by atoms with Crippen LogP contribution in [0.5, 0.6) is 0 Å². The summed E-state index contributed by atoms with van der Waals surface area (Å²) in [5.74, 6) is -0.390. The Morgan fingerprint density at radius 2 is 2.12 bits per heavy atom. The number of carbonyl (C=O) groups excluding carboxylic acids is 1. The molecule has 0 atom stereocenters. The van der Waals surface area contributed by atoms with E-state index in [4.69, 9.17) is 5.26 Å². The van der Waals surface area contributed by atoms with Crippen molar-refractivity contribution in [1.82, 2.24) is 0 Å². The molecule has 0 fully saturated rings. The molecule has 0 saturated carbocycles. The fraction of sp³-hybridized carbons (Fsp3) is 0.500. The molecule has 0 aliphatic rings. The molecule has 0 heterocycles. The average Bonchev–Trinajstić information content (AvgIpc) is 1.62. The molecular formula is C4H3I2NO. The van der Waals surface area contributed by atoms with Crippen LogP contribution in [-0.2, 0) is 4.79 Å². The molecule has 0 N–H and O–H groups in total. The van der Waals surface area contributed by atoms with Crippen LogP contribution in [0.15, 0.2) is 0 Å². The largest absolute Gasteiger partial charge is 0.280 e. The molecule has 0 bridgehead atoms. The third kappa shape index (κ3) is 2.81. The summed E-state index contributed by atoms with van der Waals surface area (Å²) in [7, 11) is 0. The Kier molecular flexibility index (Phi) is 3.19. The Balaban J connectivity index is 4.09.